The van der Waals surface area contributed by atoms with Crippen LogP contribution in [0.1, 0.15) is 46.4 Å². The zero-order chi connectivity index (χ0) is 23.8. The summed E-state index contributed by atoms with van der Waals surface area (Å²) in [4.78, 5) is 36.0. The highest BCUT2D eigenvalue weighted by Crippen LogP contribution is 2.28. The molecule has 1 heterocycles. The van der Waals surface area contributed by atoms with E-state index in [1.807, 2.05) is 0 Å². The molecule has 1 aliphatic heterocycles. The van der Waals surface area contributed by atoms with Crippen LogP contribution in [0.5, 0.6) is 0 Å². The maximum Gasteiger partial charge on any atom is 0.338 e. The maximum absolute atomic E-state index is 13.1. The van der Waals surface area contributed by atoms with E-state index < -0.39 is 34.4 Å². The van der Waals surface area contributed by atoms with Gasteiger partial charge in [-0.2, -0.15) is 4.31 Å². The van der Waals surface area contributed by atoms with Crippen LogP contribution < -0.4 is 10.9 Å². The molecule has 2 N–H and O–H groups in total. The molecule has 0 saturated carbocycles. The van der Waals surface area contributed by atoms with Crippen molar-refractivity contribution >= 4 is 39.4 Å². The zero-order valence-electron chi connectivity index (χ0n) is 17.8. The fourth-order valence-electron chi connectivity index (χ4n) is 3.29. The lowest BCUT2D eigenvalue weighted by Crippen LogP contribution is -2.43. The number of nitrogens with one attached hydrogen (secondary N) is 2. The van der Waals surface area contributed by atoms with E-state index >= 15 is 0 Å². The molecule has 1 aliphatic rings. The van der Waals surface area contributed by atoms with Gasteiger partial charge >= 0.3 is 5.97 Å². The van der Waals surface area contributed by atoms with Gasteiger partial charge in [-0.25, -0.2) is 13.2 Å². The second kappa shape index (κ2) is 11.3. The number of nitrogens with zero attached hydrogens (tertiary/aromatic N) is 1. The Morgan fingerprint density at radius 2 is 1.58 bits per heavy atom. The van der Waals surface area contributed by atoms with Gasteiger partial charge in [-0.15, -0.1) is 0 Å². The number of hydrogen-bond acceptors (Lipinski definition) is 6. The molecule has 11 heteroatoms. The quantitative estimate of drug-likeness (QED) is 0.471. The Bertz CT molecular complexity index is 1120. The van der Waals surface area contributed by atoms with Gasteiger partial charge in [0.15, 0.2) is 6.61 Å². The van der Waals surface area contributed by atoms with Crippen LogP contribution in [0.4, 0.5) is 0 Å². The molecule has 0 spiro atoms. The van der Waals surface area contributed by atoms with Crippen LogP contribution in [-0.2, 0) is 19.6 Å². The van der Waals surface area contributed by atoms with Gasteiger partial charge in [-0.05, 0) is 43.2 Å². The van der Waals surface area contributed by atoms with Gasteiger partial charge in [0.05, 0.1) is 10.6 Å². The Morgan fingerprint density at radius 3 is 2.24 bits per heavy atom. The number of hydrazine groups is 1. The Kier molecular flexibility index (Phi) is 8.43. The van der Waals surface area contributed by atoms with Crippen LogP contribution in [0.15, 0.2) is 53.4 Å². The van der Waals surface area contributed by atoms with Crippen molar-refractivity contribution in [3.8, 4) is 0 Å². The molecular formula is C22H24ClN3O6S. The Morgan fingerprint density at radius 1 is 0.909 bits per heavy atom. The molecule has 0 radical (unpaired) electrons. The highest BCUT2D eigenvalue weighted by atomic mass is 35.5. The predicted octanol–water partition coefficient (Wildman–Crippen LogP) is 2.52. The van der Waals surface area contributed by atoms with Gasteiger partial charge < -0.3 is 4.74 Å². The second-order valence-corrected chi connectivity index (χ2v) is 9.72. The van der Waals surface area contributed by atoms with E-state index in [-0.39, 0.29) is 15.5 Å². The summed E-state index contributed by atoms with van der Waals surface area (Å²) < 4.78 is 32.4. The van der Waals surface area contributed by atoms with Gasteiger partial charge in [0.25, 0.3) is 11.8 Å². The molecule has 0 aromatic heterocycles. The summed E-state index contributed by atoms with van der Waals surface area (Å²) in [7, 11) is -3.88. The molecular weight excluding hydrogens is 470 g/mol. The van der Waals surface area contributed by atoms with Gasteiger partial charge in [0, 0.05) is 18.7 Å². The van der Waals surface area contributed by atoms with Crippen molar-refractivity contribution in [2.45, 2.75) is 30.6 Å². The maximum atomic E-state index is 13.1. The van der Waals surface area contributed by atoms with E-state index in [2.05, 4.69) is 10.9 Å². The molecule has 3 rings (SSSR count). The number of amides is 2. The van der Waals surface area contributed by atoms with Crippen LogP contribution in [-0.4, -0.2) is 50.2 Å². The summed E-state index contributed by atoms with van der Waals surface area (Å²) in [5, 5.41) is -0.00263. The third-order valence-electron chi connectivity index (χ3n) is 5.04. The van der Waals surface area contributed by atoms with Gasteiger partial charge in [0.1, 0.15) is 4.90 Å². The Balaban J connectivity index is 1.60. The standard InChI is InChI=1S/C22H24ClN3O6S/c23-18-11-10-17(14-19(18)33(30,31)26-12-6-1-2-7-13-26)22(29)32-15-20(27)24-25-21(28)16-8-4-3-5-9-16/h3-5,8-11,14H,1-2,6-7,12-13,15H2,(H,24,27)(H,25,28). The fourth-order valence-corrected chi connectivity index (χ4v) is 5.31. The number of hydrogen-bond donors (Lipinski definition) is 2. The summed E-state index contributed by atoms with van der Waals surface area (Å²) in [5.41, 5.74) is 4.63. The highest BCUT2D eigenvalue weighted by molar-refractivity contribution is 7.89. The number of halogens is 1. The van der Waals surface area contributed by atoms with Crippen LogP contribution in [0, 0.1) is 0 Å². The summed E-state index contributed by atoms with van der Waals surface area (Å²) in [6, 6.07) is 12.0. The fraction of sp³-hybridized carbons (Fsp3) is 0.318. The summed E-state index contributed by atoms with van der Waals surface area (Å²) >= 11 is 6.13. The molecule has 2 aromatic rings. The largest absolute Gasteiger partial charge is 0.452 e. The summed E-state index contributed by atoms with van der Waals surface area (Å²) in [6.45, 7) is 0.106. The lowest BCUT2D eigenvalue weighted by Gasteiger charge is -2.21. The molecule has 1 saturated heterocycles. The Hall–Kier alpha value is -2.95. The third-order valence-corrected chi connectivity index (χ3v) is 7.42. The predicted molar refractivity (Wildman–Crippen MR) is 121 cm³/mol. The number of ether oxygens (including phenoxy) is 1. The average Bonchev–Trinajstić information content (AvgIpc) is 3.12. The lowest BCUT2D eigenvalue weighted by molar-refractivity contribution is -0.125. The van der Waals surface area contributed by atoms with Gasteiger partial charge in [0.2, 0.25) is 10.0 Å². The smallest absolute Gasteiger partial charge is 0.338 e. The molecule has 2 aromatic carbocycles. The highest BCUT2D eigenvalue weighted by Gasteiger charge is 2.28. The SMILES string of the molecule is O=C(COC(=O)c1ccc(Cl)c(S(=O)(=O)N2CCCCCC2)c1)NNC(=O)c1ccccc1. The normalized spacial score (nSPS) is 14.7. The monoisotopic (exact) mass is 493 g/mol. The molecule has 0 atom stereocenters. The molecule has 0 aliphatic carbocycles. The lowest BCUT2D eigenvalue weighted by atomic mass is 10.2. The molecule has 1 fully saturated rings. The number of sulfonamides is 1. The minimum atomic E-state index is -3.88. The summed E-state index contributed by atoms with van der Waals surface area (Å²) in [6.07, 6.45) is 3.43. The second-order valence-electron chi connectivity index (χ2n) is 7.41. The first-order chi connectivity index (χ1) is 15.8. The number of benzene rings is 2. The summed E-state index contributed by atoms with van der Waals surface area (Å²) in [5.74, 6) is -2.20. The average molecular weight is 494 g/mol. The van der Waals surface area contributed by atoms with Gasteiger partial charge in [-0.1, -0.05) is 42.6 Å². The van der Waals surface area contributed by atoms with Crippen LogP contribution in [0.3, 0.4) is 0 Å². The third kappa shape index (κ3) is 6.53. The van der Waals surface area contributed by atoms with Crippen LogP contribution in [0.2, 0.25) is 5.02 Å². The van der Waals surface area contributed by atoms with E-state index in [1.54, 1.807) is 30.3 Å². The van der Waals surface area contributed by atoms with Crippen molar-refractivity contribution in [2.75, 3.05) is 19.7 Å². The number of carbonyl (C=O) groups excluding carboxylic acids is 3. The first-order valence-corrected chi connectivity index (χ1v) is 12.2. The molecule has 0 unspecified atom stereocenters. The van der Waals surface area contributed by atoms with E-state index in [0.29, 0.717) is 18.7 Å². The molecule has 9 nitrogen and oxygen atoms in total. The minimum absolute atomic E-state index is 0.00263. The number of carbonyl (C=O) groups is 3. The van der Waals surface area contributed by atoms with Gasteiger partial charge in [-0.3, -0.25) is 20.4 Å². The van der Waals surface area contributed by atoms with Crippen molar-refractivity contribution in [1.82, 2.24) is 15.2 Å². The number of esters is 1. The van der Waals surface area contributed by atoms with E-state index in [0.717, 1.165) is 31.7 Å². The van der Waals surface area contributed by atoms with Crippen molar-refractivity contribution in [2.24, 2.45) is 0 Å². The van der Waals surface area contributed by atoms with Crippen molar-refractivity contribution in [3.63, 3.8) is 0 Å². The molecule has 0 bridgehead atoms. The Labute approximate surface area is 197 Å². The van der Waals surface area contributed by atoms with E-state index in [1.165, 1.54) is 16.4 Å². The topological polar surface area (TPSA) is 122 Å². The zero-order valence-corrected chi connectivity index (χ0v) is 19.3. The molecule has 176 valence electrons. The van der Waals surface area contributed by atoms with Crippen molar-refractivity contribution in [1.29, 1.82) is 0 Å². The van der Waals surface area contributed by atoms with Crippen molar-refractivity contribution in [3.05, 3.63) is 64.7 Å². The van der Waals surface area contributed by atoms with E-state index in [4.69, 9.17) is 16.3 Å². The van der Waals surface area contributed by atoms with Crippen LogP contribution >= 0.6 is 11.6 Å². The first kappa shape index (κ1) is 24.7. The molecule has 2 amide bonds. The van der Waals surface area contributed by atoms with Crippen molar-refractivity contribution < 1.29 is 27.5 Å². The molecule has 33 heavy (non-hydrogen) atoms. The minimum Gasteiger partial charge on any atom is -0.452 e. The van der Waals surface area contributed by atoms with E-state index in [9.17, 15) is 22.8 Å². The van der Waals surface area contributed by atoms with Crippen LogP contribution in [0.25, 0.3) is 0 Å². The first-order valence-electron chi connectivity index (χ1n) is 10.4. The number of rotatable bonds is 6.